The monoisotopic (exact) mass is 376 g/mol. The van der Waals surface area contributed by atoms with E-state index < -0.39 is 11.9 Å². The molecule has 2 rings (SSSR count). The number of aryl methyl sites for hydroxylation is 1. The molecular weight excluding hydrogens is 357 g/mol. The lowest BCUT2D eigenvalue weighted by atomic mass is 10.2. The van der Waals surface area contributed by atoms with Crippen LogP contribution < -0.4 is 4.74 Å². The lowest BCUT2D eigenvalue weighted by Gasteiger charge is -2.07. The molecule has 2 aromatic rings. The Balaban J connectivity index is 0.000000970. The SMILES string of the molecule is COC.COc1cscc1CO/N=C/c1cc(C)cc(C(F)(F)F)n1. The molecule has 25 heavy (non-hydrogen) atoms. The topological polar surface area (TPSA) is 52.9 Å². The number of hydrogen-bond donors (Lipinski definition) is 0. The maximum atomic E-state index is 12.7. The molecule has 0 amide bonds. The van der Waals surface area contributed by atoms with E-state index in [1.807, 2.05) is 10.8 Å². The summed E-state index contributed by atoms with van der Waals surface area (Å²) in [6.45, 7) is 1.73. The second-order valence-corrected chi connectivity index (χ2v) is 5.58. The van der Waals surface area contributed by atoms with E-state index in [1.165, 1.54) is 17.4 Å². The lowest BCUT2D eigenvalue weighted by Crippen LogP contribution is -2.10. The molecule has 0 bridgehead atoms. The minimum atomic E-state index is -4.49. The van der Waals surface area contributed by atoms with E-state index in [0.29, 0.717) is 11.3 Å². The highest BCUT2D eigenvalue weighted by molar-refractivity contribution is 7.08. The summed E-state index contributed by atoms with van der Waals surface area (Å²) in [6.07, 6.45) is -3.33. The molecule has 0 saturated carbocycles. The molecule has 0 atom stereocenters. The predicted molar refractivity (Wildman–Crippen MR) is 90.2 cm³/mol. The number of alkyl halides is 3. The number of aromatic nitrogens is 1. The summed E-state index contributed by atoms with van der Waals surface area (Å²) in [5.41, 5.74) is 0.402. The van der Waals surface area contributed by atoms with Gasteiger partial charge in [0.1, 0.15) is 18.1 Å². The van der Waals surface area contributed by atoms with Gasteiger partial charge >= 0.3 is 6.18 Å². The van der Waals surface area contributed by atoms with Gasteiger partial charge in [-0.05, 0) is 24.6 Å². The second kappa shape index (κ2) is 10.00. The fourth-order valence-electron chi connectivity index (χ4n) is 1.70. The molecule has 0 aromatic carbocycles. The van der Waals surface area contributed by atoms with E-state index >= 15 is 0 Å². The van der Waals surface area contributed by atoms with E-state index in [0.717, 1.165) is 17.8 Å². The molecule has 0 aliphatic heterocycles. The van der Waals surface area contributed by atoms with E-state index in [9.17, 15) is 13.2 Å². The van der Waals surface area contributed by atoms with Gasteiger partial charge in [0.05, 0.1) is 19.0 Å². The summed E-state index contributed by atoms with van der Waals surface area (Å²) in [7, 11) is 4.80. The molecule has 2 aromatic heterocycles. The van der Waals surface area contributed by atoms with E-state index in [4.69, 9.17) is 9.57 Å². The van der Waals surface area contributed by atoms with Crippen molar-refractivity contribution < 1.29 is 27.5 Å². The first-order chi connectivity index (χ1) is 11.8. The largest absolute Gasteiger partial charge is 0.495 e. The summed E-state index contributed by atoms with van der Waals surface area (Å²) in [5.74, 6) is 0.688. The van der Waals surface area contributed by atoms with Crippen molar-refractivity contribution in [2.24, 2.45) is 5.16 Å². The van der Waals surface area contributed by atoms with Gasteiger partial charge in [-0.15, -0.1) is 11.3 Å². The Bertz CT molecular complexity index is 688. The Hall–Kier alpha value is -2.13. The molecule has 0 fully saturated rings. The highest BCUT2D eigenvalue weighted by atomic mass is 32.1. The van der Waals surface area contributed by atoms with Crippen LogP contribution in [0, 0.1) is 6.92 Å². The smallest absolute Gasteiger partial charge is 0.433 e. The van der Waals surface area contributed by atoms with Gasteiger partial charge in [-0.3, -0.25) is 0 Å². The van der Waals surface area contributed by atoms with Gasteiger partial charge in [0.2, 0.25) is 0 Å². The van der Waals surface area contributed by atoms with E-state index in [1.54, 1.807) is 28.3 Å². The zero-order chi connectivity index (χ0) is 18.9. The normalized spacial score (nSPS) is 11.2. The van der Waals surface area contributed by atoms with Crippen LogP contribution in [0.4, 0.5) is 13.2 Å². The molecule has 0 radical (unpaired) electrons. The predicted octanol–water partition coefficient (Wildman–Crippen LogP) is 4.29. The third-order valence-corrected chi connectivity index (χ3v) is 3.45. The number of halogens is 3. The van der Waals surface area contributed by atoms with Crippen molar-refractivity contribution in [3.63, 3.8) is 0 Å². The molecule has 2 heterocycles. The summed E-state index contributed by atoms with van der Waals surface area (Å²) >= 11 is 1.46. The van der Waals surface area contributed by atoms with Crippen LogP contribution in [0.1, 0.15) is 22.5 Å². The Morgan fingerprint density at radius 1 is 1.20 bits per heavy atom. The van der Waals surface area contributed by atoms with Gasteiger partial charge in [-0.2, -0.15) is 13.2 Å². The maximum Gasteiger partial charge on any atom is 0.433 e. The molecule has 0 saturated heterocycles. The zero-order valence-corrected chi connectivity index (χ0v) is 15.1. The minimum Gasteiger partial charge on any atom is -0.495 e. The highest BCUT2D eigenvalue weighted by Gasteiger charge is 2.32. The number of thiophene rings is 1. The summed E-state index contributed by atoms with van der Waals surface area (Å²) in [5, 5.41) is 7.32. The summed E-state index contributed by atoms with van der Waals surface area (Å²) in [4.78, 5) is 8.56. The highest BCUT2D eigenvalue weighted by Crippen LogP contribution is 2.28. The molecule has 9 heteroatoms. The average Bonchev–Trinajstić information content (AvgIpc) is 2.98. The maximum absolute atomic E-state index is 12.7. The fraction of sp³-hybridized carbons (Fsp3) is 0.375. The van der Waals surface area contributed by atoms with Crippen molar-refractivity contribution in [2.75, 3.05) is 21.3 Å². The lowest BCUT2D eigenvalue weighted by molar-refractivity contribution is -0.141. The van der Waals surface area contributed by atoms with Crippen LogP contribution in [0.15, 0.2) is 28.0 Å². The number of nitrogens with zero attached hydrogens (tertiary/aromatic N) is 2. The number of rotatable bonds is 5. The average molecular weight is 376 g/mol. The second-order valence-electron chi connectivity index (χ2n) is 4.83. The van der Waals surface area contributed by atoms with Crippen LogP contribution in [0.25, 0.3) is 0 Å². The number of pyridine rings is 1. The van der Waals surface area contributed by atoms with Gasteiger partial charge in [0, 0.05) is 30.5 Å². The van der Waals surface area contributed by atoms with E-state index in [-0.39, 0.29) is 12.3 Å². The van der Waals surface area contributed by atoms with Crippen LogP contribution >= 0.6 is 11.3 Å². The Kier molecular flexibility index (Phi) is 8.36. The third kappa shape index (κ3) is 7.10. The van der Waals surface area contributed by atoms with Crippen molar-refractivity contribution in [1.82, 2.24) is 4.98 Å². The van der Waals surface area contributed by atoms with Crippen LogP contribution in [0.2, 0.25) is 0 Å². The third-order valence-electron chi connectivity index (χ3n) is 2.68. The van der Waals surface area contributed by atoms with Gasteiger partial charge in [-0.25, -0.2) is 4.98 Å². The quantitative estimate of drug-likeness (QED) is 0.577. The van der Waals surface area contributed by atoms with Crippen molar-refractivity contribution in [1.29, 1.82) is 0 Å². The Morgan fingerprint density at radius 3 is 2.48 bits per heavy atom. The zero-order valence-electron chi connectivity index (χ0n) is 14.3. The van der Waals surface area contributed by atoms with Crippen molar-refractivity contribution >= 4 is 17.6 Å². The summed E-state index contributed by atoms with van der Waals surface area (Å²) in [6, 6.07) is 2.47. The fourth-order valence-corrected chi connectivity index (χ4v) is 2.49. The van der Waals surface area contributed by atoms with Gasteiger partial charge in [0.15, 0.2) is 0 Å². The van der Waals surface area contributed by atoms with Crippen LogP contribution in [-0.2, 0) is 22.4 Å². The first-order valence-corrected chi connectivity index (χ1v) is 7.96. The van der Waals surface area contributed by atoms with Crippen LogP contribution in [0.3, 0.4) is 0 Å². The van der Waals surface area contributed by atoms with Gasteiger partial charge < -0.3 is 14.3 Å². The Morgan fingerprint density at radius 2 is 1.88 bits per heavy atom. The summed E-state index contributed by atoms with van der Waals surface area (Å²) < 4.78 is 47.3. The first-order valence-electron chi connectivity index (χ1n) is 7.02. The van der Waals surface area contributed by atoms with Gasteiger partial charge in [0.25, 0.3) is 0 Å². The van der Waals surface area contributed by atoms with Gasteiger partial charge in [-0.1, -0.05) is 5.16 Å². The first kappa shape index (κ1) is 20.9. The molecule has 138 valence electrons. The van der Waals surface area contributed by atoms with Crippen LogP contribution in [0.5, 0.6) is 5.75 Å². The molecule has 5 nitrogen and oxygen atoms in total. The Labute approximate surface area is 148 Å². The number of oxime groups is 1. The molecule has 0 N–H and O–H groups in total. The van der Waals surface area contributed by atoms with Crippen molar-refractivity contribution in [3.05, 3.63) is 45.4 Å². The molecule has 0 unspecified atom stereocenters. The standard InChI is InChI=1S/C14H13F3N2O2S.C2H6O/c1-9-3-11(19-13(4-9)14(15,16)17)5-18-21-6-10-7-22-8-12(10)20-2;1-3-2/h3-5,7-8H,6H2,1-2H3;1-2H3/b18-5+;. The minimum absolute atomic E-state index is 0.0876. The number of hydrogen-bond acceptors (Lipinski definition) is 6. The van der Waals surface area contributed by atoms with E-state index in [2.05, 4.69) is 14.9 Å². The molecule has 0 aliphatic carbocycles. The molecule has 0 spiro atoms. The van der Waals surface area contributed by atoms with Crippen LogP contribution in [-0.4, -0.2) is 32.5 Å². The molecular formula is C16H19F3N2O3S. The number of methoxy groups -OCH3 is 2. The number of ether oxygens (including phenoxy) is 2. The van der Waals surface area contributed by atoms with Crippen molar-refractivity contribution in [2.45, 2.75) is 19.7 Å². The molecule has 0 aliphatic rings. The van der Waals surface area contributed by atoms with Crippen molar-refractivity contribution in [3.8, 4) is 5.75 Å².